The van der Waals surface area contributed by atoms with Crippen LogP contribution in [0.1, 0.15) is 77.3 Å². The number of alkyl halides is 3. The van der Waals surface area contributed by atoms with E-state index < -0.39 is 32.5 Å². The van der Waals surface area contributed by atoms with Crippen molar-refractivity contribution in [1.29, 1.82) is 0 Å². The largest absolute Gasteiger partial charge is 0.471 e. The Hall–Kier alpha value is -3.97. The fourth-order valence-electron chi connectivity index (χ4n) is 8.73. The second-order valence-electron chi connectivity index (χ2n) is 17.3. The van der Waals surface area contributed by atoms with Crippen LogP contribution in [-0.4, -0.2) is 89.5 Å². The summed E-state index contributed by atoms with van der Waals surface area (Å²) < 4.78 is 50.2. The monoisotopic (exact) mass is 779 g/mol. The molecular weight excluding hydrogens is 724 g/mol. The van der Waals surface area contributed by atoms with E-state index in [0.29, 0.717) is 25.3 Å². The number of piperidine rings is 2. The number of carbonyl (C=O) groups is 2. The molecule has 2 saturated heterocycles. The molecule has 1 aliphatic carbocycles. The van der Waals surface area contributed by atoms with Gasteiger partial charge in [0.25, 0.3) is 5.56 Å². The van der Waals surface area contributed by atoms with E-state index in [9.17, 15) is 27.6 Å². The van der Waals surface area contributed by atoms with Crippen LogP contribution < -0.4 is 5.56 Å². The van der Waals surface area contributed by atoms with Crippen molar-refractivity contribution in [2.45, 2.75) is 109 Å². The molecule has 0 bridgehead atoms. The van der Waals surface area contributed by atoms with Crippen molar-refractivity contribution in [3.63, 3.8) is 0 Å². The van der Waals surface area contributed by atoms with Crippen molar-refractivity contribution < 1.29 is 27.2 Å². The summed E-state index contributed by atoms with van der Waals surface area (Å²) in [6, 6.07) is 19.3. The maximum Gasteiger partial charge on any atom is 0.471 e. The van der Waals surface area contributed by atoms with Gasteiger partial charge in [0.05, 0.1) is 24.7 Å². The average molecular weight is 780 g/mol. The smallest absolute Gasteiger partial charge is 0.415 e. The second-order valence-corrected chi connectivity index (χ2v) is 22.1. The highest BCUT2D eigenvalue weighted by atomic mass is 28.4. The van der Waals surface area contributed by atoms with E-state index in [2.05, 4.69) is 25.8 Å². The normalized spacial score (nSPS) is 21.9. The summed E-state index contributed by atoms with van der Waals surface area (Å²) in [5.41, 5.74) is 2.11. The second kappa shape index (κ2) is 16.2. The maximum absolute atomic E-state index is 14.6. The number of hydrogen-bond acceptors (Lipinski definition) is 5. The number of amides is 3. The van der Waals surface area contributed by atoms with Gasteiger partial charge < -0.3 is 19.1 Å². The molecule has 0 N–H and O–H groups in total. The fourth-order valence-corrected chi connectivity index (χ4v) is 9.76. The Morgan fingerprint density at radius 1 is 0.964 bits per heavy atom. The molecule has 6 rings (SSSR count). The molecule has 9 nitrogen and oxygen atoms in total. The molecule has 1 aromatic heterocycles. The third-order valence-corrected chi connectivity index (χ3v) is 17.4. The van der Waals surface area contributed by atoms with E-state index in [1.54, 1.807) is 17.0 Å². The zero-order valence-electron chi connectivity index (χ0n) is 32.9. The summed E-state index contributed by atoms with van der Waals surface area (Å²) in [6.45, 7) is 11.9. The summed E-state index contributed by atoms with van der Waals surface area (Å²) in [7, 11) is -2.27. The lowest BCUT2D eigenvalue weighted by Crippen LogP contribution is -2.58. The summed E-state index contributed by atoms with van der Waals surface area (Å²) >= 11 is 0. The fraction of sp³-hybridized carbons (Fsp3) is 0.571. The van der Waals surface area contributed by atoms with Crippen LogP contribution in [0.5, 0.6) is 0 Å². The Kier molecular flexibility index (Phi) is 12.0. The minimum atomic E-state index is -5.03. The lowest BCUT2D eigenvalue weighted by Gasteiger charge is -2.50. The van der Waals surface area contributed by atoms with Gasteiger partial charge in [-0.3, -0.25) is 14.2 Å². The number of hydrogen-bond donors (Lipinski definition) is 0. The number of halogens is 3. The standard InChI is InChI=1S/C42H56F3N5O4Si/c1-40(2,3)55(4,5)54-25-24-49(38(52)42(43,44)45)34-19-23-50(36(26-34)32-16-10-7-11-17-32)39(53)47-22-18-33(41(29-47)20-12-13-21-41)28-48-30-46-35(27-37(48)51)31-14-8-6-9-15-31/h6-11,14-17,27,30,33-34,36H,12-13,18-26,28-29H2,1-5H3/t33-,34+,36-/m0/s1. The number of aromatic nitrogens is 2. The highest BCUT2D eigenvalue weighted by Gasteiger charge is 2.50. The van der Waals surface area contributed by atoms with Gasteiger partial charge in [-0.15, -0.1) is 0 Å². The Balaban J connectivity index is 1.19. The summed E-state index contributed by atoms with van der Waals surface area (Å²) in [4.78, 5) is 50.2. The van der Waals surface area contributed by atoms with Gasteiger partial charge in [-0.1, -0.05) is 94.3 Å². The quantitative estimate of drug-likeness (QED) is 0.203. The van der Waals surface area contributed by atoms with Crippen molar-refractivity contribution in [2.75, 3.05) is 32.8 Å². The van der Waals surface area contributed by atoms with Crippen LogP contribution in [-0.2, 0) is 15.8 Å². The minimum Gasteiger partial charge on any atom is -0.415 e. The first-order chi connectivity index (χ1) is 26.0. The van der Waals surface area contributed by atoms with Crippen LogP contribution >= 0.6 is 0 Å². The zero-order chi connectivity index (χ0) is 39.6. The maximum atomic E-state index is 14.6. The lowest BCUT2D eigenvalue weighted by molar-refractivity contribution is -0.189. The van der Waals surface area contributed by atoms with Gasteiger partial charge >= 0.3 is 18.1 Å². The van der Waals surface area contributed by atoms with Crippen LogP contribution in [0.4, 0.5) is 18.0 Å². The van der Waals surface area contributed by atoms with Gasteiger partial charge in [-0.05, 0) is 67.1 Å². The van der Waals surface area contributed by atoms with E-state index in [1.165, 1.54) is 0 Å². The van der Waals surface area contributed by atoms with Crippen LogP contribution in [0.2, 0.25) is 18.1 Å². The molecular formula is C42H56F3N5O4Si. The molecule has 55 heavy (non-hydrogen) atoms. The predicted molar refractivity (Wildman–Crippen MR) is 210 cm³/mol. The molecule has 1 spiro atoms. The Bertz CT molecular complexity index is 1840. The molecule has 3 atom stereocenters. The molecule has 3 heterocycles. The number of benzene rings is 2. The molecule has 298 valence electrons. The highest BCUT2D eigenvalue weighted by molar-refractivity contribution is 6.74. The number of urea groups is 1. The SMILES string of the molecule is CC(C)(C)[Si](C)(C)OCCN(C(=O)C(F)(F)F)[C@@H]1CCN(C(=O)N2CC[C@@H](Cn3cnc(-c4ccccc4)cc3=O)C3(CCCC3)C2)[C@H](c2ccccc2)C1. The average Bonchev–Trinajstić information content (AvgIpc) is 3.62. The van der Waals surface area contributed by atoms with Crippen LogP contribution in [0.25, 0.3) is 11.3 Å². The number of likely N-dealkylation sites (tertiary alicyclic amines) is 2. The van der Waals surface area contributed by atoms with Gasteiger partial charge in [-0.25, -0.2) is 9.78 Å². The van der Waals surface area contributed by atoms with Crippen molar-refractivity contribution in [1.82, 2.24) is 24.3 Å². The van der Waals surface area contributed by atoms with E-state index in [4.69, 9.17) is 4.43 Å². The Labute approximate surface area is 324 Å². The van der Waals surface area contributed by atoms with Crippen LogP contribution in [0.15, 0.2) is 77.9 Å². The molecule has 13 heteroatoms. The van der Waals surface area contributed by atoms with Gasteiger partial charge in [-0.2, -0.15) is 13.2 Å². The van der Waals surface area contributed by atoms with Gasteiger partial charge in [0.2, 0.25) is 0 Å². The topological polar surface area (TPSA) is 88.0 Å². The third-order valence-electron chi connectivity index (χ3n) is 12.9. The predicted octanol–water partition coefficient (Wildman–Crippen LogP) is 8.53. The first-order valence-electron chi connectivity index (χ1n) is 19.7. The molecule has 2 aromatic carbocycles. The van der Waals surface area contributed by atoms with Crippen molar-refractivity contribution >= 4 is 20.3 Å². The number of carbonyl (C=O) groups excluding carboxylic acids is 2. The van der Waals surface area contributed by atoms with E-state index in [1.807, 2.05) is 83.6 Å². The van der Waals surface area contributed by atoms with E-state index in [0.717, 1.165) is 48.1 Å². The third kappa shape index (κ3) is 9.03. The summed E-state index contributed by atoms with van der Waals surface area (Å²) in [5, 5.41) is -0.134. The molecule has 1 saturated carbocycles. The molecule has 2 aliphatic heterocycles. The molecule has 3 fully saturated rings. The summed E-state index contributed by atoms with van der Waals surface area (Å²) in [6.07, 6.45) is 1.79. The zero-order valence-corrected chi connectivity index (χ0v) is 33.9. The first-order valence-corrected chi connectivity index (χ1v) is 22.6. The van der Waals surface area contributed by atoms with Gasteiger partial charge in [0, 0.05) is 50.4 Å². The van der Waals surface area contributed by atoms with Gasteiger partial charge in [0.15, 0.2) is 8.32 Å². The van der Waals surface area contributed by atoms with Crippen LogP contribution in [0, 0.1) is 11.3 Å². The Morgan fingerprint density at radius 3 is 2.24 bits per heavy atom. The van der Waals surface area contributed by atoms with Gasteiger partial charge in [0.1, 0.15) is 0 Å². The molecule has 3 amide bonds. The lowest BCUT2D eigenvalue weighted by atomic mass is 9.69. The number of rotatable bonds is 9. The van der Waals surface area contributed by atoms with Crippen LogP contribution in [0.3, 0.4) is 0 Å². The highest BCUT2D eigenvalue weighted by Crippen LogP contribution is 2.50. The molecule has 0 radical (unpaired) electrons. The molecule has 0 unspecified atom stereocenters. The van der Waals surface area contributed by atoms with E-state index >= 15 is 0 Å². The minimum absolute atomic E-state index is 0.0177. The molecule has 3 aliphatic rings. The number of nitrogens with zero attached hydrogens (tertiary/aromatic N) is 5. The molecule has 3 aromatic rings. The van der Waals surface area contributed by atoms with Crippen molar-refractivity contribution in [3.8, 4) is 11.3 Å². The summed E-state index contributed by atoms with van der Waals surface area (Å²) in [5.74, 6) is -1.68. The first kappa shape index (κ1) is 40.7. The van der Waals surface area contributed by atoms with E-state index in [-0.39, 0.29) is 60.5 Å². The van der Waals surface area contributed by atoms with Crippen molar-refractivity contribution in [2.24, 2.45) is 11.3 Å². The Morgan fingerprint density at radius 2 is 1.62 bits per heavy atom. The van der Waals surface area contributed by atoms with Crippen molar-refractivity contribution in [3.05, 3.63) is 89.0 Å².